The quantitative estimate of drug-likeness (QED) is 0.473. The molecule has 4 aliphatic carbocycles. The van der Waals surface area contributed by atoms with Crippen LogP contribution in [0.1, 0.15) is 107 Å². The van der Waals surface area contributed by atoms with E-state index in [0.717, 1.165) is 56.9 Å². The van der Waals surface area contributed by atoms with Crippen molar-refractivity contribution >= 4 is 11.6 Å². The van der Waals surface area contributed by atoms with E-state index >= 15 is 0 Å². The van der Waals surface area contributed by atoms with E-state index in [9.17, 15) is 14.7 Å². The van der Waals surface area contributed by atoms with Gasteiger partial charge in [-0.2, -0.15) is 0 Å². The first kappa shape index (κ1) is 25.1. The van der Waals surface area contributed by atoms with Crippen LogP contribution in [0.15, 0.2) is 11.6 Å². The van der Waals surface area contributed by atoms with Crippen LogP contribution < -0.4 is 0 Å². The lowest BCUT2D eigenvalue weighted by Gasteiger charge is -2.70. The topological polar surface area (TPSA) is 54.4 Å². The van der Waals surface area contributed by atoms with Gasteiger partial charge in [0.2, 0.25) is 0 Å². The average molecular weight is 457 g/mol. The highest BCUT2D eigenvalue weighted by molar-refractivity contribution is 6.05. The second-order valence-electron chi connectivity index (χ2n) is 14.0. The third-order valence-corrected chi connectivity index (χ3v) is 11.9. The van der Waals surface area contributed by atoms with Gasteiger partial charge in [0.25, 0.3) is 0 Å². The minimum atomic E-state index is -0.219. The Morgan fingerprint density at radius 2 is 1.48 bits per heavy atom. The highest BCUT2D eigenvalue weighted by Crippen LogP contribution is 2.73. The lowest BCUT2D eigenvalue weighted by molar-refractivity contribution is -0.224. The maximum absolute atomic E-state index is 14.1. The van der Waals surface area contributed by atoms with E-state index in [4.69, 9.17) is 0 Å². The second kappa shape index (κ2) is 8.04. The van der Waals surface area contributed by atoms with Crippen LogP contribution in [-0.2, 0) is 9.59 Å². The summed E-state index contributed by atoms with van der Waals surface area (Å²) in [7, 11) is 0. The molecule has 0 unspecified atom stereocenters. The number of Topliss-reactive ketones (excluding diaryl/α,β-unsaturated/α-hetero) is 1. The minimum Gasteiger partial charge on any atom is -0.393 e. The molecule has 0 radical (unpaired) electrons. The largest absolute Gasteiger partial charge is 0.393 e. The second-order valence-corrected chi connectivity index (χ2v) is 14.0. The summed E-state index contributed by atoms with van der Waals surface area (Å²) in [5, 5.41) is 10.9. The van der Waals surface area contributed by atoms with Gasteiger partial charge in [0.05, 0.1) is 6.10 Å². The number of carbonyl (C=O) groups excluding carboxylic acids is 2. The Bertz CT molecular complexity index is 853. The van der Waals surface area contributed by atoms with Crippen LogP contribution in [0.2, 0.25) is 0 Å². The molecule has 0 saturated heterocycles. The number of ketones is 2. The van der Waals surface area contributed by atoms with E-state index in [-0.39, 0.29) is 57.1 Å². The van der Waals surface area contributed by atoms with Crippen LogP contribution >= 0.6 is 0 Å². The third kappa shape index (κ3) is 3.46. The summed E-state index contributed by atoms with van der Waals surface area (Å²) >= 11 is 0. The molecule has 0 spiro atoms. The maximum Gasteiger partial charge on any atom is 0.162 e. The summed E-state index contributed by atoms with van der Waals surface area (Å²) in [5.41, 5.74) is 0.866. The summed E-state index contributed by atoms with van der Waals surface area (Å²) in [6.07, 6.45) is 9.57. The van der Waals surface area contributed by atoms with E-state index in [0.29, 0.717) is 11.8 Å². The van der Waals surface area contributed by atoms with Crippen LogP contribution in [0.3, 0.4) is 0 Å². The Morgan fingerprint density at radius 1 is 0.848 bits per heavy atom. The first-order valence-corrected chi connectivity index (χ1v) is 13.7. The van der Waals surface area contributed by atoms with E-state index in [1.807, 2.05) is 0 Å². The molecule has 0 aromatic carbocycles. The smallest absolute Gasteiger partial charge is 0.162 e. The van der Waals surface area contributed by atoms with Crippen molar-refractivity contribution in [2.75, 3.05) is 0 Å². The normalized spacial score (nSPS) is 49.6. The molecule has 4 aliphatic rings. The molecule has 0 aliphatic heterocycles. The van der Waals surface area contributed by atoms with Gasteiger partial charge in [-0.25, -0.2) is 0 Å². The zero-order chi connectivity index (χ0) is 24.6. The van der Waals surface area contributed by atoms with Gasteiger partial charge in [-0.1, -0.05) is 55.4 Å². The van der Waals surface area contributed by atoms with Crippen molar-refractivity contribution in [2.45, 2.75) is 113 Å². The molecule has 3 saturated carbocycles. The summed E-state index contributed by atoms with van der Waals surface area (Å²) in [6, 6.07) is 0. The van der Waals surface area contributed by atoms with Crippen molar-refractivity contribution in [3.63, 3.8) is 0 Å². The first-order chi connectivity index (χ1) is 15.2. The number of rotatable bonds is 1. The summed E-state index contributed by atoms with van der Waals surface area (Å²) in [6.45, 7) is 18.2. The molecule has 0 heterocycles. The Labute approximate surface area is 202 Å². The fraction of sp³-hybridized carbons (Fsp3) is 0.867. The van der Waals surface area contributed by atoms with Crippen molar-refractivity contribution in [3.05, 3.63) is 11.6 Å². The molecule has 3 nitrogen and oxygen atoms in total. The summed E-state index contributed by atoms with van der Waals surface area (Å²) < 4.78 is 0. The molecule has 4 rings (SSSR count). The molecule has 0 aromatic rings. The van der Waals surface area contributed by atoms with E-state index < -0.39 is 0 Å². The van der Waals surface area contributed by atoms with Gasteiger partial charge in [-0.05, 0) is 96.9 Å². The highest BCUT2D eigenvalue weighted by atomic mass is 16.3. The number of aliphatic hydroxyl groups excluding tert-OH is 1. The Morgan fingerprint density at radius 3 is 2.12 bits per heavy atom. The molecule has 0 amide bonds. The third-order valence-electron chi connectivity index (χ3n) is 11.9. The van der Waals surface area contributed by atoms with Gasteiger partial charge < -0.3 is 5.11 Å². The zero-order valence-electron chi connectivity index (χ0n) is 22.5. The Kier molecular flexibility index (Phi) is 6.12. The molecule has 1 N–H and O–H groups in total. The predicted octanol–water partition coefficient (Wildman–Crippen LogP) is 6.77. The average Bonchev–Trinajstić information content (AvgIpc) is 2.76. The van der Waals surface area contributed by atoms with Gasteiger partial charge >= 0.3 is 0 Å². The fourth-order valence-electron chi connectivity index (χ4n) is 9.48. The first-order valence-electron chi connectivity index (χ1n) is 13.7. The molecule has 3 fully saturated rings. The lowest BCUT2D eigenvalue weighted by atomic mass is 9.34. The molecular formula is C30H48O3. The summed E-state index contributed by atoms with van der Waals surface area (Å²) in [4.78, 5) is 27.0. The van der Waals surface area contributed by atoms with E-state index in [1.54, 1.807) is 6.08 Å². The van der Waals surface area contributed by atoms with Crippen LogP contribution in [0.25, 0.3) is 0 Å². The number of hydrogen-bond donors (Lipinski definition) is 1. The maximum atomic E-state index is 14.1. The number of aliphatic hydroxyl groups is 1. The monoisotopic (exact) mass is 456 g/mol. The Hall–Kier alpha value is -0.960. The fourth-order valence-corrected chi connectivity index (χ4v) is 9.48. The standard InChI is InChI=1S/C30H48O3/c1-18(2)20-17-22(31)19(3)11-15-29(7)21(26(20)33)9-10-24-28(6)14-13-25(32)27(4,5)23(28)12-16-30(24,29)8/h17-19,21,23-25,32H,9-16H2,1-8H3/b20-17-/t19-,21+,23-,24+,25-,28-,29+,30+/m0/s1. The van der Waals surface area contributed by atoms with Gasteiger partial charge in [-0.3, -0.25) is 9.59 Å². The van der Waals surface area contributed by atoms with Crippen LogP contribution in [-0.4, -0.2) is 22.8 Å². The van der Waals surface area contributed by atoms with Crippen LogP contribution in [0.5, 0.6) is 0 Å². The lowest BCUT2D eigenvalue weighted by Crippen LogP contribution is -2.65. The molecule has 3 heteroatoms. The molecule has 186 valence electrons. The molecule has 0 aromatic heterocycles. The molecule has 33 heavy (non-hydrogen) atoms. The van der Waals surface area contributed by atoms with E-state index in [1.165, 1.54) is 0 Å². The van der Waals surface area contributed by atoms with Crippen molar-refractivity contribution in [1.29, 1.82) is 0 Å². The SMILES string of the molecule is CC(C)/C1=C/C(=O)[C@@H](C)CC[C@]2(C)[C@H](CC[C@@H]3[C@@]4(C)CC[C@H](O)C(C)(C)[C@@H]4CC[C@]32C)C1=O. The number of fused-ring (bicyclic) bond motifs is 5. The molecular weight excluding hydrogens is 408 g/mol. The van der Waals surface area contributed by atoms with Gasteiger partial charge in [0.15, 0.2) is 11.6 Å². The minimum absolute atomic E-state index is 0.00726. The van der Waals surface area contributed by atoms with E-state index in [2.05, 4.69) is 55.4 Å². The van der Waals surface area contributed by atoms with Crippen molar-refractivity contribution in [3.8, 4) is 0 Å². The summed E-state index contributed by atoms with van der Waals surface area (Å²) in [5.74, 6) is 1.52. The zero-order valence-corrected chi connectivity index (χ0v) is 22.5. The van der Waals surface area contributed by atoms with Gasteiger partial charge in [0, 0.05) is 17.4 Å². The number of carbonyl (C=O) groups is 2. The van der Waals surface area contributed by atoms with Gasteiger partial charge in [0.1, 0.15) is 0 Å². The Balaban J connectivity index is 1.80. The van der Waals surface area contributed by atoms with Crippen molar-refractivity contribution in [1.82, 2.24) is 0 Å². The van der Waals surface area contributed by atoms with Crippen molar-refractivity contribution in [2.24, 2.45) is 51.2 Å². The molecule has 8 atom stereocenters. The number of hydrogen-bond acceptors (Lipinski definition) is 3. The highest BCUT2D eigenvalue weighted by Gasteiger charge is 2.67. The predicted molar refractivity (Wildman–Crippen MR) is 134 cm³/mol. The molecule has 0 bridgehead atoms. The van der Waals surface area contributed by atoms with Crippen LogP contribution in [0, 0.1) is 51.2 Å². The number of allylic oxidation sites excluding steroid dienone is 2. The van der Waals surface area contributed by atoms with Crippen molar-refractivity contribution < 1.29 is 14.7 Å². The van der Waals surface area contributed by atoms with Gasteiger partial charge in [-0.15, -0.1) is 0 Å². The van der Waals surface area contributed by atoms with Crippen LogP contribution in [0.4, 0.5) is 0 Å².